The molecule has 1 aromatic carbocycles. The monoisotopic (exact) mass is 499 g/mol. The van der Waals surface area contributed by atoms with Gasteiger partial charge in [0, 0.05) is 29.3 Å². The normalized spacial score (nSPS) is 26.4. The van der Waals surface area contributed by atoms with Crippen LogP contribution in [-0.2, 0) is 9.53 Å². The topological polar surface area (TPSA) is 104 Å². The zero-order valence-electron chi connectivity index (χ0n) is 18.7. The van der Waals surface area contributed by atoms with Crippen LogP contribution in [0.2, 0.25) is 0 Å². The Morgan fingerprint density at radius 1 is 1.23 bits per heavy atom. The van der Waals surface area contributed by atoms with Gasteiger partial charge in [0.2, 0.25) is 5.82 Å². The first-order chi connectivity index (χ1) is 16.4. The lowest BCUT2D eigenvalue weighted by atomic mass is 9.73. The number of hydrogen-bond donors (Lipinski definition) is 2. The lowest BCUT2D eigenvalue weighted by Crippen LogP contribution is -2.49. The molecule has 1 aliphatic heterocycles. The van der Waals surface area contributed by atoms with E-state index < -0.39 is 64.8 Å². The van der Waals surface area contributed by atoms with E-state index in [4.69, 9.17) is 15.2 Å². The van der Waals surface area contributed by atoms with E-state index in [2.05, 4.69) is 10.3 Å². The van der Waals surface area contributed by atoms with E-state index in [0.29, 0.717) is 12.8 Å². The number of primary amides is 1. The van der Waals surface area contributed by atoms with Crippen molar-refractivity contribution in [2.75, 3.05) is 12.4 Å². The Morgan fingerprint density at radius 3 is 2.49 bits per heavy atom. The molecule has 2 fully saturated rings. The van der Waals surface area contributed by atoms with Crippen molar-refractivity contribution in [2.45, 2.75) is 43.6 Å². The van der Waals surface area contributed by atoms with Gasteiger partial charge in [-0.25, -0.2) is 4.39 Å². The van der Waals surface area contributed by atoms with Crippen molar-refractivity contribution in [3.63, 3.8) is 0 Å². The molecule has 4 rings (SSSR count). The molecule has 3 N–H and O–H groups in total. The number of rotatable bonds is 6. The Hall–Kier alpha value is -3.28. The fourth-order valence-corrected chi connectivity index (χ4v) is 4.85. The van der Waals surface area contributed by atoms with Crippen LogP contribution in [0.3, 0.4) is 0 Å². The van der Waals surface area contributed by atoms with Crippen molar-refractivity contribution in [1.29, 1.82) is 0 Å². The molecule has 0 bridgehead atoms. The minimum Gasteiger partial charge on any atom is -0.493 e. The van der Waals surface area contributed by atoms with Crippen LogP contribution < -0.4 is 15.8 Å². The largest absolute Gasteiger partial charge is 0.493 e. The summed E-state index contributed by atoms with van der Waals surface area (Å²) in [5, 5.41) is 2.42. The van der Waals surface area contributed by atoms with Crippen molar-refractivity contribution >= 4 is 17.5 Å². The van der Waals surface area contributed by atoms with Crippen LogP contribution in [0.4, 0.5) is 27.6 Å². The number of benzene rings is 1. The van der Waals surface area contributed by atoms with E-state index in [1.54, 1.807) is 0 Å². The summed E-state index contributed by atoms with van der Waals surface area (Å²) in [5.41, 5.74) is 2.21. The molecule has 2 heterocycles. The molecular weight excluding hydrogens is 477 g/mol. The van der Waals surface area contributed by atoms with Crippen molar-refractivity contribution in [3.05, 3.63) is 53.4 Å². The van der Waals surface area contributed by atoms with Crippen LogP contribution in [0.15, 0.2) is 30.5 Å². The molecule has 7 nitrogen and oxygen atoms in total. The number of alkyl halides is 3. The molecule has 0 radical (unpaired) electrons. The van der Waals surface area contributed by atoms with Gasteiger partial charge in [-0.05, 0) is 43.9 Å². The van der Waals surface area contributed by atoms with Crippen molar-refractivity contribution < 1.29 is 41.0 Å². The summed E-state index contributed by atoms with van der Waals surface area (Å²) in [7, 11) is 1.06. The zero-order valence-corrected chi connectivity index (χ0v) is 18.7. The van der Waals surface area contributed by atoms with Gasteiger partial charge in [0.1, 0.15) is 11.8 Å². The summed E-state index contributed by atoms with van der Waals surface area (Å²) in [6.45, 7) is 0.861. The third-order valence-electron chi connectivity index (χ3n) is 6.60. The average Bonchev–Trinajstić information content (AvgIpc) is 3.57. The summed E-state index contributed by atoms with van der Waals surface area (Å²) in [5.74, 6) is -8.09. The number of nitrogens with zero attached hydrogens (tertiary/aromatic N) is 1. The number of amides is 2. The van der Waals surface area contributed by atoms with Crippen molar-refractivity contribution in [3.8, 4) is 5.75 Å². The van der Waals surface area contributed by atoms with E-state index in [9.17, 15) is 31.5 Å². The molecule has 1 saturated carbocycles. The molecule has 35 heavy (non-hydrogen) atoms. The Balaban J connectivity index is 1.81. The number of carbonyl (C=O) groups excluding carboxylic acids is 2. The number of anilines is 1. The van der Waals surface area contributed by atoms with Gasteiger partial charge < -0.3 is 20.5 Å². The first-order valence-electron chi connectivity index (χ1n) is 10.7. The molecule has 1 aromatic heterocycles. The summed E-state index contributed by atoms with van der Waals surface area (Å²) >= 11 is 0. The average molecular weight is 499 g/mol. The summed E-state index contributed by atoms with van der Waals surface area (Å²) in [6.07, 6.45) is -4.49. The zero-order chi connectivity index (χ0) is 25.7. The maximum absolute atomic E-state index is 14.6. The van der Waals surface area contributed by atoms with Crippen LogP contribution in [-0.4, -0.2) is 41.8 Å². The van der Waals surface area contributed by atoms with Crippen LogP contribution in [0.5, 0.6) is 5.75 Å². The van der Waals surface area contributed by atoms with E-state index in [1.807, 2.05) is 0 Å². The highest BCUT2D eigenvalue weighted by Crippen LogP contribution is 2.62. The molecule has 1 saturated heterocycles. The highest BCUT2D eigenvalue weighted by atomic mass is 19.4. The van der Waals surface area contributed by atoms with E-state index in [-0.39, 0.29) is 16.9 Å². The van der Waals surface area contributed by atoms with Crippen LogP contribution in [0, 0.1) is 23.5 Å². The SMILES string of the molecule is COc1c([C@@H]2[C@@H](C3CC3)[C@@](C)(C(F)(F)F)O[C@H]2C(=O)Nc2ccnc(C(N)=O)c2)ccc(F)c1F. The summed E-state index contributed by atoms with van der Waals surface area (Å²) in [4.78, 5) is 28.4. The van der Waals surface area contributed by atoms with E-state index in [1.165, 1.54) is 12.3 Å². The van der Waals surface area contributed by atoms with Crippen molar-refractivity contribution in [1.82, 2.24) is 4.98 Å². The third-order valence-corrected chi connectivity index (χ3v) is 6.60. The quantitative estimate of drug-likeness (QED) is 0.587. The Bertz CT molecular complexity index is 1170. The number of nitrogens with two attached hydrogens (primary N) is 1. The van der Waals surface area contributed by atoms with Gasteiger partial charge in [0.05, 0.1) is 7.11 Å². The molecule has 0 unspecified atom stereocenters. The first kappa shape index (κ1) is 24.8. The van der Waals surface area contributed by atoms with Crippen molar-refractivity contribution in [2.24, 2.45) is 17.6 Å². The highest BCUT2D eigenvalue weighted by Gasteiger charge is 2.70. The van der Waals surface area contributed by atoms with Gasteiger partial charge in [-0.2, -0.15) is 17.6 Å². The molecule has 2 aliphatic rings. The number of methoxy groups -OCH3 is 1. The lowest BCUT2D eigenvalue weighted by molar-refractivity contribution is -0.275. The van der Waals surface area contributed by atoms with Crippen LogP contribution in [0.25, 0.3) is 0 Å². The van der Waals surface area contributed by atoms with Gasteiger partial charge in [0.25, 0.3) is 11.8 Å². The summed E-state index contributed by atoms with van der Waals surface area (Å²) in [6, 6.07) is 4.36. The van der Waals surface area contributed by atoms with Crippen LogP contribution >= 0.6 is 0 Å². The highest BCUT2D eigenvalue weighted by molar-refractivity contribution is 5.97. The van der Waals surface area contributed by atoms with E-state index >= 15 is 0 Å². The van der Waals surface area contributed by atoms with Gasteiger partial charge in [0.15, 0.2) is 17.2 Å². The van der Waals surface area contributed by atoms with E-state index in [0.717, 1.165) is 32.2 Å². The minimum absolute atomic E-state index is 0.0435. The number of aromatic nitrogens is 1. The van der Waals surface area contributed by atoms with Gasteiger partial charge >= 0.3 is 6.18 Å². The van der Waals surface area contributed by atoms with Crippen LogP contribution in [0.1, 0.15) is 41.7 Å². The fraction of sp³-hybridized carbons (Fsp3) is 0.435. The summed E-state index contributed by atoms with van der Waals surface area (Å²) < 4.78 is 81.9. The second-order valence-electron chi connectivity index (χ2n) is 8.80. The molecule has 12 heteroatoms. The number of hydrogen-bond acceptors (Lipinski definition) is 5. The maximum atomic E-state index is 14.6. The Morgan fingerprint density at radius 2 is 1.91 bits per heavy atom. The molecule has 4 atom stereocenters. The molecule has 188 valence electrons. The molecular formula is C23H22F5N3O4. The molecule has 2 aromatic rings. The second kappa shape index (κ2) is 8.74. The predicted molar refractivity (Wildman–Crippen MR) is 113 cm³/mol. The third kappa shape index (κ3) is 4.30. The molecule has 0 spiro atoms. The molecule has 1 aliphatic carbocycles. The maximum Gasteiger partial charge on any atom is 0.417 e. The molecule has 2 amide bonds. The first-order valence-corrected chi connectivity index (χ1v) is 10.7. The Kier molecular flexibility index (Phi) is 6.20. The predicted octanol–water partition coefficient (Wildman–Crippen LogP) is 3.94. The number of pyridine rings is 1. The second-order valence-corrected chi connectivity index (χ2v) is 8.80. The minimum atomic E-state index is -4.87. The number of ether oxygens (including phenoxy) is 2. The standard InChI is InChI=1S/C23H22F5N3O4/c1-22(23(26,27)28)16(10-3-4-10)15(12-5-6-13(24)17(25)18(12)34-2)19(35-22)21(33)31-11-7-8-30-14(9-11)20(29)32/h5-10,15-16,19H,3-4H2,1-2H3,(H2,29,32)(H,30,31,33)/t15-,16-,19-,22+/m1/s1. The van der Waals surface area contributed by atoms with Gasteiger partial charge in [-0.15, -0.1) is 0 Å². The van der Waals surface area contributed by atoms with Gasteiger partial charge in [-0.3, -0.25) is 14.6 Å². The number of halogens is 5. The lowest BCUT2D eigenvalue weighted by Gasteiger charge is -2.34. The number of carbonyl (C=O) groups is 2. The van der Waals surface area contributed by atoms with Gasteiger partial charge in [-0.1, -0.05) is 6.07 Å². The number of nitrogens with one attached hydrogen (secondary N) is 1. The smallest absolute Gasteiger partial charge is 0.417 e. The Labute approximate surface area is 196 Å². The fourth-order valence-electron chi connectivity index (χ4n) is 4.85.